The fourth-order valence-electron chi connectivity index (χ4n) is 2.65. The van der Waals surface area contributed by atoms with Gasteiger partial charge in [-0.05, 0) is 49.1 Å². The van der Waals surface area contributed by atoms with Crippen molar-refractivity contribution in [2.45, 2.75) is 26.3 Å². The van der Waals surface area contributed by atoms with Gasteiger partial charge in [0, 0.05) is 12.6 Å². The Hall–Kier alpha value is -1.55. The molecule has 17 heavy (non-hydrogen) atoms. The average Bonchev–Trinajstić information content (AvgIpc) is 2.65. The van der Waals surface area contributed by atoms with Gasteiger partial charge in [-0.3, -0.25) is 4.79 Å². The zero-order valence-corrected chi connectivity index (χ0v) is 10.0. The zero-order valence-electron chi connectivity index (χ0n) is 10.0. The molecule has 0 bridgehead atoms. The number of carbonyl (C=O) groups is 1. The molecule has 3 N–H and O–H groups in total. The van der Waals surface area contributed by atoms with Crippen molar-refractivity contribution in [2.24, 2.45) is 5.92 Å². The Labute approximate surface area is 100 Å². The van der Waals surface area contributed by atoms with E-state index >= 15 is 0 Å². The third-order valence-electron chi connectivity index (χ3n) is 3.41. The molecule has 1 fully saturated rings. The van der Waals surface area contributed by atoms with Crippen molar-refractivity contribution in [3.63, 3.8) is 0 Å². The van der Waals surface area contributed by atoms with Crippen LogP contribution >= 0.6 is 0 Å². The van der Waals surface area contributed by atoms with E-state index in [1.807, 2.05) is 13.8 Å². The second-order valence-electron chi connectivity index (χ2n) is 4.72. The maximum atomic E-state index is 10.9. The molecular formula is C13H17NO3. The third kappa shape index (κ3) is 2.26. The number of aryl methyl sites for hydroxylation is 2. The summed E-state index contributed by atoms with van der Waals surface area (Å²) in [4.78, 5) is 10.9. The number of hydrogen-bond donors (Lipinski definition) is 3. The fraction of sp³-hybridized carbons (Fsp3) is 0.462. The predicted molar refractivity (Wildman–Crippen MR) is 64.1 cm³/mol. The van der Waals surface area contributed by atoms with Crippen molar-refractivity contribution in [2.75, 3.05) is 6.54 Å². The van der Waals surface area contributed by atoms with E-state index in [9.17, 15) is 9.90 Å². The maximum Gasteiger partial charge on any atom is 0.307 e. The van der Waals surface area contributed by atoms with Gasteiger partial charge < -0.3 is 15.5 Å². The SMILES string of the molecule is Cc1cc(O)cc(C)c1C1CC(C(=O)O)CN1. The number of rotatable bonds is 2. The quantitative estimate of drug-likeness (QED) is 0.730. The molecule has 2 rings (SSSR count). The van der Waals surface area contributed by atoms with Gasteiger partial charge in [0.25, 0.3) is 0 Å². The van der Waals surface area contributed by atoms with Gasteiger partial charge in [0.2, 0.25) is 0 Å². The van der Waals surface area contributed by atoms with Crippen LogP contribution in [0.4, 0.5) is 0 Å². The number of aromatic hydroxyl groups is 1. The number of hydrogen-bond acceptors (Lipinski definition) is 3. The lowest BCUT2D eigenvalue weighted by atomic mass is 9.92. The van der Waals surface area contributed by atoms with Crippen molar-refractivity contribution in [1.29, 1.82) is 0 Å². The van der Waals surface area contributed by atoms with Crippen molar-refractivity contribution < 1.29 is 15.0 Å². The van der Waals surface area contributed by atoms with Gasteiger partial charge in [-0.1, -0.05) is 0 Å². The Morgan fingerprint density at radius 1 is 1.35 bits per heavy atom. The molecule has 1 aromatic carbocycles. The van der Waals surface area contributed by atoms with E-state index in [0.29, 0.717) is 13.0 Å². The molecule has 0 aliphatic carbocycles. The maximum absolute atomic E-state index is 10.9. The summed E-state index contributed by atoms with van der Waals surface area (Å²) in [6.45, 7) is 4.40. The molecule has 0 saturated carbocycles. The monoisotopic (exact) mass is 235 g/mol. The highest BCUT2D eigenvalue weighted by Crippen LogP contribution is 2.33. The van der Waals surface area contributed by atoms with Crippen LogP contribution in [0.5, 0.6) is 5.75 Å². The molecule has 1 aliphatic rings. The molecule has 4 nitrogen and oxygen atoms in total. The summed E-state index contributed by atoms with van der Waals surface area (Å²) in [6, 6.07) is 3.52. The van der Waals surface area contributed by atoms with Crippen LogP contribution < -0.4 is 5.32 Å². The molecule has 1 aliphatic heterocycles. The number of carboxylic acids is 1. The largest absolute Gasteiger partial charge is 0.508 e. The first-order chi connectivity index (χ1) is 7.99. The van der Waals surface area contributed by atoms with Crippen LogP contribution in [-0.2, 0) is 4.79 Å². The first-order valence-electron chi connectivity index (χ1n) is 5.75. The van der Waals surface area contributed by atoms with Crippen molar-refractivity contribution >= 4 is 5.97 Å². The minimum absolute atomic E-state index is 0.0803. The van der Waals surface area contributed by atoms with Crippen molar-refractivity contribution in [1.82, 2.24) is 5.32 Å². The minimum Gasteiger partial charge on any atom is -0.508 e. The Kier molecular flexibility index (Phi) is 3.07. The summed E-state index contributed by atoms with van der Waals surface area (Å²) in [5, 5.41) is 21.7. The van der Waals surface area contributed by atoms with Gasteiger partial charge in [0.05, 0.1) is 5.92 Å². The molecular weight excluding hydrogens is 218 g/mol. The van der Waals surface area contributed by atoms with E-state index in [1.165, 1.54) is 0 Å². The highest BCUT2D eigenvalue weighted by molar-refractivity contribution is 5.71. The van der Waals surface area contributed by atoms with Crippen LogP contribution in [0.15, 0.2) is 12.1 Å². The Morgan fingerprint density at radius 3 is 2.41 bits per heavy atom. The number of aliphatic carboxylic acids is 1. The summed E-state index contributed by atoms with van der Waals surface area (Å²) in [5.41, 5.74) is 3.13. The molecule has 4 heteroatoms. The van der Waals surface area contributed by atoms with Gasteiger partial charge >= 0.3 is 5.97 Å². The molecule has 1 heterocycles. The molecule has 0 aromatic heterocycles. The highest BCUT2D eigenvalue weighted by atomic mass is 16.4. The minimum atomic E-state index is -0.742. The van der Waals surface area contributed by atoms with Gasteiger partial charge in [-0.2, -0.15) is 0 Å². The first-order valence-corrected chi connectivity index (χ1v) is 5.75. The van der Waals surface area contributed by atoms with Gasteiger partial charge in [0.15, 0.2) is 0 Å². The molecule has 92 valence electrons. The summed E-state index contributed by atoms with van der Waals surface area (Å²) in [5.74, 6) is -0.793. The normalized spacial score (nSPS) is 23.9. The van der Waals surface area contributed by atoms with E-state index in [2.05, 4.69) is 5.32 Å². The van der Waals surface area contributed by atoms with E-state index in [4.69, 9.17) is 5.11 Å². The smallest absolute Gasteiger partial charge is 0.307 e. The first kappa shape index (κ1) is 11.9. The fourth-order valence-corrected chi connectivity index (χ4v) is 2.65. The van der Waals surface area contributed by atoms with Crippen molar-refractivity contribution in [3.8, 4) is 5.75 Å². The highest BCUT2D eigenvalue weighted by Gasteiger charge is 2.31. The van der Waals surface area contributed by atoms with Crippen LogP contribution in [0.3, 0.4) is 0 Å². The van der Waals surface area contributed by atoms with E-state index in [0.717, 1.165) is 16.7 Å². The lowest BCUT2D eigenvalue weighted by molar-refractivity contribution is -0.141. The lowest BCUT2D eigenvalue weighted by Gasteiger charge is -2.17. The zero-order chi connectivity index (χ0) is 12.6. The average molecular weight is 235 g/mol. The summed E-state index contributed by atoms with van der Waals surface area (Å²) >= 11 is 0. The molecule has 2 unspecified atom stereocenters. The van der Waals surface area contributed by atoms with E-state index in [-0.39, 0.29) is 17.7 Å². The second-order valence-corrected chi connectivity index (χ2v) is 4.72. The summed E-state index contributed by atoms with van der Waals surface area (Å²) < 4.78 is 0. The summed E-state index contributed by atoms with van der Waals surface area (Å²) in [7, 11) is 0. The van der Waals surface area contributed by atoms with Crippen LogP contribution in [0.25, 0.3) is 0 Å². The number of nitrogens with one attached hydrogen (secondary N) is 1. The number of phenolic OH excluding ortho intramolecular Hbond substituents is 1. The molecule has 1 aromatic rings. The van der Waals surface area contributed by atoms with Crippen molar-refractivity contribution in [3.05, 3.63) is 28.8 Å². The van der Waals surface area contributed by atoms with E-state index < -0.39 is 5.97 Å². The number of carboxylic acid groups (broad SMARTS) is 1. The molecule has 0 amide bonds. The summed E-state index contributed by atoms with van der Waals surface area (Å²) in [6.07, 6.45) is 0.613. The molecule has 2 atom stereocenters. The standard InChI is InChI=1S/C13H17NO3/c1-7-3-10(15)4-8(2)12(7)11-5-9(6-14-11)13(16)17/h3-4,9,11,14-15H,5-6H2,1-2H3,(H,16,17). The van der Waals surface area contributed by atoms with Crippen LogP contribution in [-0.4, -0.2) is 22.7 Å². The van der Waals surface area contributed by atoms with Gasteiger partial charge in [0.1, 0.15) is 5.75 Å². The third-order valence-corrected chi connectivity index (χ3v) is 3.41. The van der Waals surface area contributed by atoms with Gasteiger partial charge in [-0.15, -0.1) is 0 Å². The Bertz CT molecular complexity index is 433. The molecule has 1 saturated heterocycles. The van der Waals surface area contributed by atoms with Crippen LogP contribution in [0.2, 0.25) is 0 Å². The molecule has 0 spiro atoms. The Morgan fingerprint density at radius 2 is 1.94 bits per heavy atom. The number of phenols is 1. The van der Waals surface area contributed by atoms with E-state index in [1.54, 1.807) is 12.1 Å². The number of benzene rings is 1. The second kappa shape index (κ2) is 4.37. The van der Waals surface area contributed by atoms with Crippen LogP contribution in [0, 0.1) is 19.8 Å². The van der Waals surface area contributed by atoms with Crippen LogP contribution in [0.1, 0.15) is 29.2 Å². The Balaban J connectivity index is 2.27. The molecule has 0 radical (unpaired) electrons. The predicted octanol–water partition coefficient (Wildman–Crippen LogP) is 1.74. The lowest BCUT2D eigenvalue weighted by Crippen LogP contribution is -2.18. The topological polar surface area (TPSA) is 69.6 Å². The van der Waals surface area contributed by atoms with Gasteiger partial charge in [-0.25, -0.2) is 0 Å².